The van der Waals surface area contributed by atoms with Gasteiger partial charge in [0.05, 0.1) is 0 Å². The van der Waals surface area contributed by atoms with Gasteiger partial charge in [-0.2, -0.15) is 0 Å². The minimum absolute atomic E-state index is 0.973. The Hall–Kier alpha value is -1.76. The quantitative estimate of drug-likeness (QED) is 0.463. The van der Waals surface area contributed by atoms with Crippen molar-refractivity contribution in [2.45, 2.75) is 41.5 Å². The van der Waals surface area contributed by atoms with Crippen LogP contribution in [0.4, 0.5) is 0 Å². The molecule has 2 aromatic carbocycles. The predicted molar refractivity (Wildman–Crippen MR) is 85.9 cm³/mol. The lowest BCUT2D eigenvalue weighted by Crippen LogP contribution is -1.72. The van der Waals surface area contributed by atoms with Crippen LogP contribution >= 0.6 is 0 Å². The molecule has 0 amide bonds. The molecule has 0 aliphatic rings. The van der Waals surface area contributed by atoms with Crippen molar-refractivity contribution in [3.05, 3.63) is 47.5 Å². The van der Waals surface area contributed by atoms with E-state index in [1.54, 1.807) is 0 Å². The van der Waals surface area contributed by atoms with Crippen molar-refractivity contribution in [2.75, 3.05) is 0 Å². The summed E-state index contributed by atoms with van der Waals surface area (Å²) in [5, 5.41) is 2.43. The average Bonchev–Trinajstić information content (AvgIpc) is 2.81. The highest BCUT2D eigenvalue weighted by Gasteiger charge is 2.06. The van der Waals surface area contributed by atoms with Crippen LogP contribution in [0.5, 0.6) is 0 Å². The van der Waals surface area contributed by atoms with Gasteiger partial charge in [0, 0.05) is 10.8 Å². The lowest BCUT2D eigenvalue weighted by atomic mass is 10.1. The highest BCUT2D eigenvalue weighted by atomic mass is 16.3. The van der Waals surface area contributed by atoms with Gasteiger partial charge in [0.25, 0.3) is 0 Å². The van der Waals surface area contributed by atoms with Crippen molar-refractivity contribution < 1.29 is 4.42 Å². The summed E-state index contributed by atoms with van der Waals surface area (Å²) in [7, 11) is 0. The number of fused-ring (bicyclic) bond motifs is 3. The SMILES string of the molecule is CC.CC.Cc1ccc2oc3ccc(C)cc3c2c1. The number of aryl methyl sites for hydroxylation is 2. The molecule has 0 aliphatic carbocycles. The molecule has 0 N–H and O–H groups in total. The highest BCUT2D eigenvalue weighted by molar-refractivity contribution is 6.05. The van der Waals surface area contributed by atoms with Crippen LogP contribution in [-0.4, -0.2) is 0 Å². The summed E-state index contributed by atoms with van der Waals surface area (Å²) in [5.74, 6) is 0. The first-order valence-electron chi connectivity index (χ1n) is 7.13. The fourth-order valence-electron chi connectivity index (χ4n) is 2.01. The largest absolute Gasteiger partial charge is 0.456 e. The van der Waals surface area contributed by atoms with Gasteiger partial charge in [-0.3, -0.25) is 0 Å². The van der Waals surface area contributed by atoms with Crippen molar-refractivity contribution in [1.82, 2.24) is 0 Å². The summed E-state index contributed by atoms with van der Waals surface area (Å²) in [6, 6.07) is 12.6. The van der Waals surface area contributed by atoms with E-state index in [1.807, 2.05) is 39.8 Å². The summed E-state index contributed by atoms with van der Waals surface area (Å²) < 4.78 is 5.76. The maximum absolute atomic E-state index is 5.76. The van der Waals surface area contributed by atoms with Gasteiger partial charge in [-0.05, 0) is 38.1 Å². The van der Waals surface area contributed by atoms with Gasteiger partial charge in [0.15, 0.2) is 0 Å². The second-order valence-corrected chi connectivity index (χ2v) is 4.10. The molecule has 0 fully saturated rings. The Morgan fingerprint density at radius 2 is 1.00 bits per heavy atom. The fraction of sp³-hybridized carbons (Fsp3) is 0.333. The topological polar surface area (TPSA) is 13.1 Å². The Morgan fingerprint density at radius 1 is 0.632 bits per heavy atom. The third-order valence-corrected chi connectivity index (χ3v) is 2.78. The van der Waals surface area contributed by atoms with Crippen molar-refractivity contribution in [3.63, 3.8) is 0 Å². The van der Waals surface area contributed by atoms with Crippen molar-refractivity contribution in [3.8, 4) is 0 Å². The highest BCUT2D eigenvalue weighted by Crippen LogP contribution is 2.29. The van der Waals surface area contributed by atoms with Gasteiger partial charge in [-0.25, -0.2) is 0 Å². The van der Waals surface area contributed by atoms with E-state index in [0.717, 1.165) is 11.2 Å². The van der Waals surface area contributed by atoms with Crippen LogP contribution in [0.3, 0.4) is 0 Å². The zero-order valence-electron chi connectivity index (χ0n) is 12.9. The van der Waals surface area contributed by atoms with Crippen LogP contribution in [0.2, 0.25) is 0 Å². The molecule has 0 atom stereocenters. The van der Waals surface area contributed by atoms with Crippen LogP contribution in [0.15, 0.2) is 40.8 Å². The monoisotopic (exact) mass is 256 g/mol. The van der Waals surface area contributed by atoms with E-state index in [2.05, 4.69) is 38.1 Å². The zero-order valence-corrected chi connectivity index (χ0v) is 12.9. The third-order valence-electron chi connectivity index (χ3n) is 2.78. The second-order valence-electron chi connectivity index (χ2n) is 4.10. The van der Waals surface area contributed by atoms with E-state index < -0.39 is 0 Å². The van der Waals surface area contributed by atoms with Gasteiger partial charge in [-0.15, -0.1) is 0 Å². The molecular formula is C18H24O. The molecule has 19 heavy (non-hydrogen) atoms. The number of furan rings is 1. The minimum Gasteiger partial charge on any atom is -0.456 e. The van der Waals surface area contributed by atoms with Crippen LogP contribution < -0.4 is 0 Å². The van der Waals surface area contributed by atoms with Gasteiger partial charge >= 0.3 is 0 Å². The molecule has 102 valence electrons. The molecule has 0 bridgehead atoms. The number of hydrogen-bond donors (Lipinski definition) is 0. The van der Waals surface area contributed by atoms with Crippen LogP contribution in [-0.2, 0) is 0 Å². The maximum Gasteiger partial charge on any atom is 0.135 e. The molecule has 0 aliphatic heterocycles. The summed E-state index contributed by atoms with van der Waals surface area (Å²) >= 11 is 0. The molecule has 1 heteroatoms. The van der Waals surface area contributed by atoms with Crippen molar-refractivity contribution in [2.24, 2.45) is 0 Å². The van der Waals surface area contributed by atoms with Gasteiger partial charge in [0.1, 0.15) is 11.2 Å². The van der Waals surface area contributed by atoms with E-state index in [-0.39, 0.29) is 0 Å². The molecule has 1 aromatic heterocycles. The molecule has 0 saturated heterocycles. The first-order chi connectivity index (χ1) is 9.24. The number of rotatable bonds is 0. The van der Waals surface area contributed by atoms with E-state index in [9.17, 15) is 0 Å². The first-order valence-corrected chi connectivity index (χ1v) is 7.13. The van der Waals surface area contributed by atoms with E-state index in [4.69, 9.17) is 4.42 Å². The van der Waals surface area contributed by atoms with Crippen LogP contribution in [0, 0.1) is 13.8 Å². The summed E-state index contributed by atoms with van der Waals surface area (Å²) in [5.41, 5.74) is 4.49. The van der Waals surface area contributed by atoms with Gasteiger partial charge in [0.2, 0.25) is 0 Å². The number of benzene rings is 2. The van der Waals surface area contributed by atoms with Crippen molar-refractivity contribution >= 4 is 21.9 Å². The molecule has 3 rings (SSSR count). The summed E-state index contributed by atoms with van der Waals surface area (Å²) in [6.45, 7) is 12.2. The fourth-order valence-corrected chi connectivity index (χ4v) is 2.01. The first kappa shape index (κ1) is 15.3. The predicted octanol–water partition coefficient (Wildman–Crippen LogP) is 6.26. The number of hydrogen-bond acceptors (Lipinski definition) is 1. The molecular weight excluding hydrogens is 232 g/mol. The Bertz CT molecular complexity index is 591. The Balaban J connectivity index is 0.000000415. The molecule has 0 saturated carbocycles. The standard InChI is InChI=1S/C14H12O.2C2H6/c1-9-3-5-13-11(7-9)12-8-10(2)4-6-14(12)15-13;2*1-2/h3-8H,1-2H3;2*1-2H3. The molecule has 0 radical (unpaired) electrons. The average molecular weight is 256 g/mol. The Labute approximate surface area is 116 Å². The molecule has 1 heterocycles. The maximum atomic E-state index is 5.76. The summed E-state index contributed by atoms with van der Waals surface area (Å²) in [4.78, 5) is 0. The smallest absolute Gasteiger partial charge is 0.135 e. The van der Waals surface area contributed by atoms with Crippen LogP contribution in [0.1, 0.15) is 38.8 Å². The van der Waals surface area contributed by atoms with E-state index in [1.165, 1.54) is 21.9 Å². The van der Waals surface area contributed by atoms with Gasteiger partial charge < -0.3 is 4.42 Å². The lowest BCUT2D eigenvalue weighted by Gasteiger charge is -1.93. The molecule has 3 aromatic rings. The molecule has 1 nitrogen and oxygen atoms in total. The molecule has 0 spiro atoms. The third kappa shape index (κ3) is 3.17. The minimum atomic E-state index is 0.973. The Morgan fingerprint density at radius 3 is 1.37 bits per heavy atom. The zero-order chi connectivity index (χ0) is 14.4. The van der Waals surface area contributed by atoms with Crippen LogP contribution in [0.25, 0.3) is 21.9 Å². The second kappa shape index (κ2) is 6.98. The van der Waals surface area contributed by atoms with E-state index in [0.29, 0.717) is 0 Å². The lowest BCUT2D eigenvalue weighted by molar-refractivity contribution is 0.669. The van der Waals surface area contributed by atoms with Crippen molar-refractivity contribution in [1.29, 1.82) is 0 Å². The van der Waals surface area contributed by atoms with E-state index >= 15 is 0 Å². The molecule has 0 unspecified atom stereocenters. The normalized spacial score (nSPS) is 9.58. The Kier molecular flexibility index (Phi) is 5.62. The summed E-state index contributed by atoms with van der Waals surface area (Å²) in [6.07, 6.45) is 0. The van der Waals surface area contributed by atoms with Gasteiger partial charge in [-0.1, -0.05) is 51.0 Å².